The fourth-order valence-corrected chi connectivity index (χ4v) is 11.3. The maximum Gasteiger partial charge on any atom is 0.279 e. The third-order valence-electron chi connectivity index (χ3n) is 14.0. The zero-order chi connectivity index (χ0) is 54.9. The van der Waals surface area contributed by atoms with E-state index in [9.17, 15) is 33.9 Å². The molecule has 402 valence electrons. The van der Waals surface area contributed by atoms with Crippen LogP contribution >= 0.6 is 34.5 Å². The molecule has 4 aromatic heterocycles. The van der Waals surface area contributed by atoms with Crippen molar-refractivity contribution >= 4 is 69.8 Å². The molecule has 1 saturated heterocycles. The molecule has 5 atom stereocenters. The quantitative estimate of drug-likeness (QED) is 0.0651. The molecule has 2 aliphatic heterocycles. The van der Waals surface area contributed by atoms with Crippen molar-refractivity contribution in [1.29, 1.82) is 0 Å². The van der Waals surface area contributed by atoms with Gasteiger partial charge in [0.25, 0.3) is 17.4 Å². The van der Waals surface area contributed by atoms with Gasteiger partial charge in [0.2, 0.25) is 23.6 Å². The lowest BCUT2D eigenvalue weighted by Crippen LogP contribution is -2.57. The average Bonchev–Trinajstić information content (AvgIpc) is 4.17. The van der Waals surface area contributed by atoms with Crippen LogP contribution in [0.3, 0.4) is 0 Å². The van der Waals surface area contributed by atoms with Gasteiger partial charge in [0.05, 0.1) is 57.2 Å². The van der Waals surface area contributed by atoms with Crippen LogP contribution in [0, 0.1) is 12.3 Å². The minimum absolute atomic E-state index is 0.0514. The topological polar surface area (TPSA) is 223 Å². The SMILES string of the molecule is COc1ncc(C(=O)NCCCCC(=O)N[C@H](C(=O)N2C[C@H](O)C[C@H]2C(=O)N[C@@H](C)c2ccc(-c3scnc3C)cc2)C(C)(C)C)cc1-c1nc2c(n1C(C)C)[C@H](C1=CC=C(Cl)CC1)N(c1cc(Cl)cn(C)c1=O)C2=O. The fraction of sp³-hybridized carbons (Fsp3) is 0.436. The minimum atomic E-state index is -0.995. The molecule has 6 heterocycles. The Morgan fingerprint density at radius 3 is 2.37 bits per heavy atom. The van der Waals surface area contributed by atoms with Crippen LogP contribution in [0.15, 0.2) is 81.9 Å². The number of likely N-dealkylation sites (tertiary alicyclic amines) is 1. The van der Waals surface area contributed by atoms with Crippen LogP contribution < -0.4 is 31.1 Å². The molecule has 8 rings (SSSR count). The highest BCUT2D eigenvalue weighted by molar-refractivity contribution is 7.13. The van der Waals surface area contributed by atoms with Crippen molar-refractivity contribution in [2.75, 3.05) is 25.1 Å². The standard InChI is InChI=1S/C55H64Cl2N10O8S/c1-29(2)66-45-43(53(73)67(41-23-37(57)26-64(8)52(41)72)44(45)33-17-19-36(56)20-18-33)63-48(66)39-22-35(25-59-51(39)75-9)49(70)58-21-11-10-12-42(69)62-47(55(5,6)7)54(74)65-27-38(68)24-40(65)50(71)61-30(3)32-13-15-34(16-14-32)46-31(4)60-28-76-46/h13-17,19,22-23,25-26,28-30,38,40,44,47,68H,10-12,18,20-21,24,27H2,1-9H3,(H,58,70)(H,61,71)(H,62,69)/t30-,38+,40-,44-,47+/m0/s1. The highest BCUT2D eigenvalue weighted by Gasteiger charge is 2.48. The summed E-state index contributed by atoms with van der Waals surface area (Å²) in [5, 5.41) is 20.5. The second-order valence-electron chi connectivity index (χ2n) is 20.9. The smallest absolute Gasteiger partial charge is 0.279 e. The van der Waals surface area contributed by atoms with E-state index in [0.29, 0.717) is 47.8 Å². The summed E-state index contributed by atoms with van der Waals surface area (Å²) in [5.41, 5.74) is 5.70. The number of carbonyl (C=O) groups is 5. The number of fused-ring (bicyclic) bond motifs is 1. The third-order valence-corrected chi connectivity index (χ3v) is 15.5. The van der Waals surface area contributed by atoms with Crippen LogP contribution in [0.1, 0.15) is 136 Å². The number of nitrogens with one attached hydrogen (secondary N) is 3. The number of imidazole rings is 1. The molecule has 4 N–H and O–H groups in total. The van der Waals surface area contributed by atoms with Gasteiger partial charge < -0.3 is 39.8 Å². The van der Waals surface area contributed by atoms with Gasteiger partial charge in [-0.1, -0.05) is 74.3 Å². The van der Waals surface area contributed by atoms with E-state index in [-0.39, 0.29) is 71.8 Å². The summed E-state index contributed by atoms with van der Waals surface area (Å²) in [7, 11) is 3.02. The van der Waals surface area contributed by atoms with Crippen LogP contribution in [0.5, 0.6) is 5.88 Å². The van der Waals surface area contributed by atoms with E-state index in [1.54, 1.807) is 36.0 Å². The second-order valence-corrected chi connectivity index (χ2v) is 22.7. The van der Waals surface area contributed by atoms with Crippen LogP contribution in [-0.4, -0.2) is 102 Å². The van der Waals surface area contributed by atoms with Gasteiger partial charge in [-0.15, -0.1) is 11.3 Å². The summed E-state index contributed by atoms with van der Waals surface area (Å²) < 4.78 is 8.95. The van der Waals surface area contributed by atoms with Gasteiger partial charge in [0.1, 0.15) is 29.6 Å². The monoisotopic (exact) mass is 1090 g/mol. The minimum Gasteiger partial charge on any atom is -0.480 e. The highest BCUT2D eigenvalue weighted by atomic mass is 35.5. The summed E-state index contributed by atoms with van der Waals surface area (Å²) in [5.74, 6) is -1.66. The normalized spacial score (nSPS) is 18.3. The second kappa shape index (κ2) is 22.9. The van der Waals surface area contributed by atoms with Crippen molar-refractivity contribution in [2.45, 2.75) is 123 Å². The van der Waals surface area contributed by atoms with Crippen LogP contribution in [-0.2, 0) is 21.4 Å². The number of rotatable bonds is 17. The van der Waals surface area contributed by atoms with E-state index in [1.807, 2.05) is 83.4 Å². The van der Waals surface area contributed by atoms with E-state index >= 15 is 0 Å². The Bertz CT molecular complexity index is 3190. The number of ether oxygens (including phenoxy) is 1. The highest BCUT2D eigenvalue weighted by Crippen LogP contribution is 2.47. The zero-order valence-electron chi connectivity index (χ0n) is 44.1. The number of β-amino-alcohol motifs (C(OH)–C–C–N with tert-alkyl or cyclic N) is 1. The van der Waals surface area contributed by atoms with E-state index in [4.69, 9.17) is 32.9 Å². The molecule has 1 aromatic carbocycles. The molecule has 5 amide bonds. The van der Waals surface area contributed by atoms with E-state index in [0.717, 1.165) is 27.3 Å². The lowest BCUT2D eigenvalue weighted by Gasteiger charge is -2.35. The van der Waals surface area contributed by atoms with Crippen molar-refractivity contribution < 1.29 is 33.8 Å². The van der Waals surface area contributed by atoms with Crippen molar-refractivity contribution in [3.05, 3.63) is 121 Å². The maximum atomic E-state index is 14.6. The number of thiazole rings is 1. The Hall–Kier alpha value is -6.67. The molecule has 1 fully saturated rings. The van der Waals surface area contributed by atoms with Gasteiger partial charge in [-0.3, -0.25) is 33.7 Å². The third kappa shape index (κ3) is 11.5. The summed E-state index contributed by atoms with van der Waals surface area (Å²) in [4.78, 5) is 101. The number of aryl methyl sites for hydroxylation is 2. The zero-order valence-corrected chi connectivity index (χ0v) is 46.4. The van der Waals surface area contributed by atoms with E-state index in [2.05, 4.69) is 25.9 Å². The molecule has 0 spiro atoms. The van der Waals surface area contributed by atoms with E-state index in [1.165, 1.54) is 39.9 Å². The lowest BCUT2D eigenvalue weighted by atomic mass is 9.85. The van der Waals surface area contributed by atoms with Gasteiger partial charge >= 0.3 is 0 Å². The summed E-state index contributed by atoms with van der Waals surface area (Å²) in [6, 6.07) is 7.65. The Morgan fingerprint density at radius 1 is 0.987 bits per heavy atom. The number of pyridine rings is 2. The number of hydrogen-bond donors (Lipinski definition) is 4. The number of nitrogens with zero attached hydrogens (tertiary/aromatic N) is 7. The van der Waals surface area contributed by atoms with Gasteiger partial charge in [0, 0.05) is 56.4 Å². The average molecular weight is 1100 g/mol. The number of aromatic nitrogens is 5. The number of amides is 5. The fourth-order valence-electron chi connectivity index (χ4n) is 10.1. The van der Waals surface area contributed by atoms with Crippen molar-refractivity contribution in [1.82, 2.24) is 44.9 Å². The molecule has 76 heavy (non-hydrogen) atoms. The number of methoxy groups -OCH3 is 1. The van der Waals surface area contributed by atoms with Gasteiger partial charge in [-0.25, -0.2) is 15.0 Å². The van der Waals surface area contributed by atoms with Crippen LogP contribution in [0.2, 0.25) is 5.02 Å². The molecule has 0 bridgehead atoms. The molecule has 0 saturated carbocycles. The van der Waals surface area contributed by atoms with Crippen LogP contribution in [0.25, 0.3) is 21.8 Å². The number of carbonyl (C=O) groups excluding carboxylic acids is 5. The first-order chi connectivity index (χ1) is 36.1. The summed E-state index contributed by atoms with van der Waals surface area (Å²) in [6.45, 7) is 13.4. The first kappa shape index (κ1) is 55.6. The molecular formula is C55H64Cl2N10O8S. The summed E-state index contributed by atoms with van der Waals surface area (Å²) >= 11 is 14.4. The molecule has 1 aliphatic carbocycles. The Morgan fingerprint density at radius 2 is 1.72 bits per heavy atom. The summed E-state index contributed by atoms with van der Waals surface area (Å²) in [6.07, 6.45) is 7.59. The first-order valence-electron chi connectivity index (χ1n) is 25.4. The number of halogens is 2. The van der Waals surface area contributed by atoms with Crippen molar-refractivity contribution in [2.24, 2.45) is 12.5 Å². The van der Waals surface area contributed by atoms with Gasteiger partial charge in [0.15, 0.2) is 5.69 Å². The maximum absolute atomic E-state index is 14.6. The first-order valence-corrected chi connectivity index (χ1v) is 27.0. The number of benzene rings is 1. The molecule has 18 nitrogen and oxygen atoms in total. The van der Waals surface area contributed by atoms with Crippen LogP contribution in [0.4, 0.5) is 5.69 Å². The van der Waals surface area contributed by atoms with E-state index < -0.39 is 58.8 Å². The molecular weight excluding hydrogens is 1030 g/mol. The molecule has 3 aliphatic rings. The Kier molecular flexibility index (Phi) is 16.7. The Balaban J connectivity index is 0.908. The van der Waals surface area contributed by atoms with Crippen molar-refractivity contribution in [3.8, 4) is 27.7 Å². The number of aliphatic hydroxyl groups is 1. The number of aliphatic hydroxyl groups excluding tert-OH is 1. The molecule has 21 heteroatoms. The Labute approximate surface area is 455 Å². The number of anilines is 1. The van der Waals surface area contributed by atoms with Gasteiger partial charge in [-0.2, -0.15) is 0 Å². The predicted molar refractivity (Wildman–Crippen MR) is 292 cm³/mol. The number of unbranched alkanes of at least 4 members (excludes halogenated alkanes) is 1. The lowest BCUT2D eigenvalue weighted by molar-refractivity contribution is -0.144. The number of hydrogen-bond acceptors (Lipinski definition) is 12. The largest absolute Gasteiger partial charge is 0.480 e. The van der Waals surface area contributed by atoms with Crippen molar-refractivity contribution in [3.63, 3.8) is 0 Å². The molecule has 0 radical (unpaired) electrons. The predicted octanol–water partition coefficient (Wildman–Crippen LogP) is 8.13. The molecule has 0 unspecified atom stereocenters. The van der Waals surface area contributed by atoms with Gasteiger partial charge in [-0.05, 0) is 93.7 Å². The number of allylic oxidation sites excluding steroid dienone is 3. The molecule has 5 aromatic rings.